The van der Waals surface area contributed by atoms with E-state index in [-0.39, 0.29) is 12.5 Å². The first kappa shape index (κ1) is 21.4. The summed E-state index contributed by atoms with van der Waals surface area (Å²) in [5.41, 5.74) is 6.73. The number of hydrogen-bond acceptors (Lipinski definition) is 5. The molecule has 3 aromatic rings. The summed E-state index contributed by atoms with van der Waals surface area (Å²) in [5, 5.41) is 19.8. The van der Waals surface area contributed by atoms with Gasteiger partial charge in [-0.3, -0.25) is 4.98 Å². The van der Waals surface area contributed by atoms with Crippen LogP contribution in [0.4, 0.5) is 9.59 Å². The minimum atomic E-state index is -1.06. The molecule has 0 aliphatic carbocycles. The van der Waals surface area contributed by atoms with Gasteiger partial charge in [0.25, 0.3) is 0 Å². The van der Waals surface area contributed by atoms with E-state index in [9.17, 15) is 19.8 Å². The van der Waals surface area contributed by atoms with E-state index in [1.54, 1.807) is 0 Å². The summed E-state index contributed by atoms with van der Waals surface area (Å²) < 4.78 is 6.93. The Kier molecular flexibility index (Phi) is 5.28. The molecule has 0 atom stereocenters. The van der Waals surface area contributed by atoms with Crippen molar-refractivity contribution in [1.82, 2.24) is 19.4 Å². The van der Waals surface area contributed by atoms with Crippen LogP contribution in [0.2, 0.25) is 0 Å². The lowest BCUT2D eigenvalue weighted by atomic mass is 9.88. The number of carbonyl (C=O) groups is 2. The highest BCUT2D eigenvalue weighted by molar-refractivity contribution is 5.98. The van der Waals surface area contributed by atoms with Gasteiger partial charge in [-0.05, 0) is 62.8 Å². The highest BCUT2D eigenvalue weighted by atomic mass is 16.5. The van der Waals surface area contributed by atoms with Gasteiger partial charge in [0.1, 0.15) is 0 Å². The van der Waals surface area contributed by atoms with E-state index in [1.165, 1.54) is 9.47 Å². The molecule has 2 aliphatic rings. The van der Waals surface area contributed by atoms with Crippen molar-refractivity contribution in [3.05, 3.63) is 46.4 Å². The van der Waals surface area contributed by atoms with Crippen molar-refractivity contribution in [2.24, 2.45) is 0 Å². The van der Waals surface area contributed by atoms with Crippen LogP contribution in [0, 0.1) is 13.8 Å². The zero-order valence-corrected chi connectivity index (χ0v) is 18.7. The van der Waals surface area contributed by atoms with E-state index in [0.717, 1.165) is 40.9 Å². The van der Waals surface area contributed by atoms with E-state index in [0.29, 0.717) is 48.6 Å². The molecule has 1 amide bonds. The van der Waals surface area contributed by atoms with Crippen molar-refractivity contribution in [3.8, 4) is 11.3 Å². The molecule has 9 heteroatoms. The molecule has 0 spiro atoms. The Morgan fingerprint density at radius 3 is 2.36 bits per heavy atom. The fourth-order valence-corrected chi connectivity index (χ4v) is 5.16. The van der Waals surface area contributed by atoms with Gasteiger partial charge < -0.3 is 19.8 Å². The minimum absolute atomic E-state index is 0.0929. The minimum Gasteiger partial charge on any atom is -0.465 e. The van der Waals surface area contributed by atoms with E-state index in [4.69, 9.17) is 9.72 Å². The van der Waals surface area contributed by atoms with Crippen molar-refractivity contribution in [2.75, 3.05) is 19.8 Å². The third kappa shape index (κ3) is 3.72. The second kappa shape index (κ2) is 8.15. The predicted molar refractivity (Wildman–Crippen MR) is 121 cm³/mol. The van der Waals surface area contributed by atoms with Gasteiger partial charge in [0.15, 0.2) is 0 Å². The van der Waals surface area contributed by atoms with Crippen LogP contribution in [0.15, 0.2) is 18.2 Å². The van der Waals surface area contributed by atoms with Crippen molar-refractivity contribution in [2.45, 2.75) is 45.6 Å². The van der Waals surface area contributed by atoms with Crippen molar-refractivity contribution in [1.29, 1.82) is 0 Å². The smallest absolute Gasteiger partial charge is 0.416 e. The van der Waals surface area contributed by atoms with Gasteiger partial charge in [-0.1, -0.05) is 0 Å². The molecule has 2 aliphatic heterocycles. The van der Waals surface area contributed by atoms with Gasteiger partial charge in [0.2, 0.25) is 0 Å². The van der Waals surface area contributed by atoms with E-state index >= 15 is 0 Å². The zero-order valence-electron chi connectivity index (χ0n) is 18.7. The van der Waals surface area contributed by atoms with Gasteiger partial charge in [-0.2, -0.15) is 0 Å². The van der Waals surface area contributed by atoms with Crippen LogP contribution in [0.5, 0.6) is 0 Å². The molecule has 1 saturated heterocycles. The van der Waals surface area contributed by atoms with Crippen LogP contribution in [0.3, 0.4) is 0 Å². The Bertz CT molecular complexity index is 1260. The van der Waals surface area contributed by atoms with Gasteiger partial charge in [0, 0.05) is 42.3 Å². The van der Waals surface area contributed by atoms with Crippen LogP contribution < -0.4 is 0 Å². The van der Waals surface area contributed by atoms with E-state index in [2.05, 4.69) is 4.98 Å². The van der Waals surface area contributed by atoms with Crippen LogP contribution >= 0.6 is 0 Å². The molecule has 0 aromatic carbocycles. The van der Waals surface area contributed by atoms with E-state index in [1.807, 2.05) is 32.0 Å². The Labute approximate surface area is 190 Å². The van der Waals surface area contributed by atoms with Crippen LogP contribution in [0.1, 0.15) is 47.0 Å². The number of aromatic nitrogens is 3. The van der Waals surface area contributed by atoms with Gasteiger partial charge in [0.05, 0.1) is 29.0 Å². The Morgan fingerprint density at radius 1 is 1.03 bits per heavy atom. The number of hydrogen-bond donors (Lipinski definition) is 2. The fraction of sp³-hybridized carbons (Fsp3) is 0.417. The predicted octanol–water partition coefficient (Wildman–Crippen LogP) is 4.17. The molecule has 9 nitrogen and oxygen atoms in total. The lowest BCUT2D eigenvalue weighted by molar-refractivity contribution is 0.0856. The first-order valence-electron chi connectivity index (χ1n) is 11.1. The summed E-state index contributed by atoms with van der Waals surface area (Å²) in [4.78, 5) is 34.9. The summed E-state index contributed by atoms with van der Waals surface area (Å²) in [6, 6.07) is 5.71. The largest absolute Gasteiger partial charge is 0.465 e. The topological polar surface area (TPSA) is 118 Å². The van der Waals surface area contributed by atoms with Crippen molar-refractivity contribution < 1.29 is 24.5 Å². The van der Waals surface area contributed by atoms with E-state index < -0.39 is 12.2 Å². The Hall–Kier alpha value is -3.46. The third-order valence-electron chi connectivity index (χ3n) is 6.58. The number of carboxylic acid groups (broad SMARTS) is 2. The molecule has 0 radical (unpaired) electrons. The number of amides is 1. The summed E-state index contributed by atoms with van der Waals surface area (Å²) in [6.45, 7) is 5.58. The Morgan fingerprint density at radius 2 is 1.73 bits per heavy atom. The van der Waals surface area contributed by atoms with Gasteiger partial charge in [-0.15, -0.1) is 0 Å². The first-order chi connectivity index (χ1) is 15.8. The number of aryl methyl sites for hydroxylation is 2. The fourth-order valence-electron chi connectivity index (χ4n) is 5.16. The number of pyridine rings is 2. The summed E-state index contributed by atoms with van der Waals surface area (Å²) >= 11 is 0. The van der Waals surface area contributed by atoms with Crippen LogP contribution in [-0.4, -0.2) is 61.6 Å². The molecule has 0 saturated carbocycles. The number of nitrogens with zero attached hydrogens (tertiary/aromatic N) is 4. The molecule has 0 bridgehead atoms. The average Bonchev–Trinajstić information content (AvgIpc) is 3.11. The lowest BCUT2D eigenvalue weighted by Crippen LogP contribution is -2.35. The standard InChI is InChI=1S/C24H26N4O5/c1-13-9-17(10-14(2)25-13)22-20(15-4-7-33-8-5-15)21-19(28(22)24(31)32)11-16-3-6-27(23(29)30)12-18(16)26-21/h9-11,15H,3-8,12H2,1-2H3,(H,29,30)(H,31,32). The molecule has 3 aromatic heterocycles. The quantitative estimate of drug-likeness (QED) is 0.601. The monoisotopic (exact) mass is 450 g/mol. The molecule has 2 N–H and O–H groups in total. The summed E-state index contributed by atoms with van der Waals surface area (Å²) in [7, 11) is 0. The molecule has 5 heterocycles. The third-order valence-corrected chi connectivity index (χ3v) is 6.58. The zero-order chi connectivity index (χ0) is 23.3. The van der Waals surface area contributed by atoms with Crippen LogP contribution in [-0.2, 0) is 17.7 Å². The molecular weight excluding hydrogens is 424 g/mol. The average molecular weight is 450 g/mol. The first-order valence-corrected chi connectivity index (χ1v) is 11.1. The second-order valence-electron chi connectivity index (χ2n) is 8.82. The SMILES string of the molecule is Cc1cc(-c2c(C3CCOCC3)c3nc4c(cc3n2C(=O)O)CCN(C(=O)O)C4)cc(C)n1. The molecule has 5 rings (SSSR count). The molecule has 0 unspecified atom stereocenters. The molecule has 33 heavy (non-hydrogen) atoms. The number of ether oxygens (including phenoxy) is 1. The molecule has 172 valence electrons. The van der Waals surface area contributed by atoms with Gasteiger partial charge in [-0.25, -0.2) is 19.1 Å². The maximum atomic E-state index is 12.6. The maximum Gasteiger partial charge on any atom is 0.416 e. The van der Waals surface area contributed by atoms with Crippen LogP contribution in [0.25, 0.3) is 22.3 Å². The summed E-state index contributed by atoms with van der Waals surface area (Å²) in [5.74, 6) is 0.0929. The lowest BCUT2D eigenvalue weighted by Gasteiger charge is -2.26. The maximum absolute atomic E-state index is 12.6. The number of rotatable bonds is 2. The highest BCUT2D eigenvalue weighted by Gasteiger charge is 2.32. The van der Waals surface area contributed by atoms with Gasteiger partial charge >= 0.3 is 12.2 Å². The second-order valence-corrected chi connectivity index (χ2v) is 8.82. The normalized spacial score (nSPS) is 16.7. The number of fused-ring (bicyclic) bond motifs is 2. The Balaban J connectivity index is 1.82. The molecule has 1 fully saturated rings. The molecular formula is C24H26N4O5. The van der Waals surface area contributed by atoms with Crippen molar-refractivity contribution in [3.63, 3.8) is 0 Å². The van der Waals surface area contributed by atoms with Crippen molar-refractivity contribution >= 4 is 23.2 Å². The summed E-state index contributed by atoms with van der Waals surface area (Å²) in [6.07, 6.45) is 0.0119. The highest BCUT2D eigenvalue weighted by Crippen LogP contribution is 2.42.